The van der Waals surface area contributed by atoms with Gasteiger partial charge in [0.25, 0.3) is 5.56 Å². The number of nitrogens with zero attached hydrogens (tertiary/aromatic N) is 1. The van der Waals surface area contributed by atoms with Gasteiger partial charge in [-0.25, -0.2) is 8.78 Å². The number of hydrogen-bond donors (Lipinski definition) is 1. The van der Waals surface area contributed by atoms with E-state index in [1.54, 1.807) is 17.6 Å². The highest BCUT2D eigenvalue weighted by Gasteiger charge is 2.16. The molecule has 0 spiro atoms. The Morgan fingerprint density at radius 2 is 1.83 bits per heavy atom. The first-order valence-electron chi connectivity index (χ1n) is 8.60. The van der Waals surface area contributed by atoms with Gasteiger partial charge in [-0.1, -0.05) is 12.1 Å². The van der Waals surface area contributed by atoms with Gasteiger partial charge >= 0.3 is 0 Å². The highest BCUT2D eigenvalue weighted by atomic mass is 79.9. The van der Waals surface area contributed by atoms with Crippen LogP contribution in [0.25, 0.3) is 5.69 Å². The molecule has 8 heteroatoms. The number of benzene rings is 2. The van der Waals surface area contributed by atoms with Crippen molar-refractivity contribution in [3.8, 4) is 11.4 Å². The zero-order chi connectivity index (χ0) is 20.4. The summed E-state index contributed by atoms with van der Waals surface area (Å²) in [6.45, 7) is 3.94. The van der Waals surface area contributed by atoms with Gasteiger partial charge in [0, 0.05) is 29.9 Å². The molecule has 0 bridgehead atoms. The highest BCUT2D eigenvalue weighted by molar-refractivity contribution is 9.10. The minimum Gasteiger partial charge on any atom is -0.487 e. The number of pyridine rings is 1. The van der Waals surface area contributed by atoms with Crippen molar-refractivity contribution in [3.05, 3.63) is 91.3 Å². The fourth-order valence-corrected chi connectivity index (χ4v) is 3.31. The van der Waals surface area contributed by atoms with Crippen LogP contribution in [0.1, 0.15) is 22.4 Å². The average Bonchev–Trinajstić information content (AvgIpc) is 2.66. The average molecular weight is 486 g/mol. The molecule has 0 saturated carbocycles. The Morgan fingerprint density at radius 1 is 1.10 bits per heavy atom. The molecule has 4 nitrogen and oxygen atoms in total. The molecule has 2 N–H and O–H groups in total. The summed E-state index contributed by atoms with van der Waals surface area (Å²) < 4.78 is 34.3. The lowest BCUT2D eigenvalue weighted by Gasteiger charge is -2.17. The van der Waals surface area contributed by atoms with Gasteiger partial charge in [0.2, 0.25) is 0 Å². The lowest BCUT2D eigenvalue weighted by Crippen LogP contribution is -2.23. The van der Waals surface area contributed by atoms with Crippen molar-refractivity contribution in [1.29, 1.82) is 0 Å². The van der Waals surface area contributed by atoms with Crippen LogP contribution in [-0.4, -0.2) is 4.57 Å². The lowest BCUT2D eigenvalue weighted by molar-refractivity contribution is 0.296. The Kier molecular flexibility index (Phi) is 7.57. The molecule has 0 fully saturated rings. The van der Waals surface area contributed by atoms with Gasteiger partial charge < -0.3 is 10.5 Å². The van der Waals surface area contributed by atoms with Crippen molar-refractivity contribution >= 4 is 28.3 Å². The maximum Gasteiger partial charge on any atom is 0.273 e. The van der Waals surface area contributed by atoms with Crippen molar-refractivity contribution in [2.24, 2.45) is 5.73 Å². The lowest BCUT2D eigenvalue weighted by atomic mass is 10.1. The minimum atomic E-state index is -0.699. The Labute approximate surface area is 181 Å². The normalized spacial score (nSPS) is 10.6. The smallest absolute Gasteiger partial charge is 0.273 e. The van der Waals surface area contributed by atoms with Crippen LogP contribution in [-0.2, 0) is 13.2 Å². The van der Waals surface area contributed by atoms with Gasteiger partial charge in [-0.3, -0.25) is 9.36 Å². The highest BCUT2D eigenvalue weighted by Crippen LogP contribution is 2.26. The number of ether oxygens (including phenoxy) is 1. The molecule has 29 heavy (non-hydrogen) atoms. The molecule has 154 valence electrons. The van der Waals surface area contributed by atoms with E-state index in [0.717, 1.165) is 28.9 Å². The quantitative estimate of drug-likeness (QED) is 0.556. The maximum absolute atomic E-state index is 13.8. The standard InChI is InChI=1S/C21H19BrF2N2O2.ClH/c1-12-3-4-14(10-25)8-18(12)26-13(2)7-19(20(22)21(26)27)28-11-15-5-6-16(23)9-17(15)24;/h3-9H,10-11,25H2,1-2H3;1H. The second-order valence-electron chi connectivity index (χ2n) is 6.45. The fraction of sp³-hybridized carbons (Fsp3) is 0.190. The van der Waals surface area contributed by atoms with Crippen LogP contribution in [0.3, 0.4) is 0 Å². The Morgan fingerprint density at radius 3 is 2.48 bits per heavy atom. The molecule has 0 radical (unpaired) electrons. The van der Waals surface area contributed by atoms with Crippen LogP contribution in [0.4, 0.5) is 8.78 Å². The van der Waals surface area contributed by atoms with Crippen LogP contribution < -0.4 is 16.0 Å². The molecule has 0 amide bonds. The number of aryl methyl sites for hydroxylation is 2. The van der Waals surface area contributed by atoms with Crippen molar-refractivity contribution in [2.45, 2.75) is 27.0 Å². The molecule has 3 rings (SSSR count). The van der Waals surface area contributed by atoms with E-state index in [2.05, 4.69) is 15.9 Å². The van der Waals surface area contributed by atoms with Crippen LogP contribution in [0.5, 0.6) is 5.75 Å². The van der Waals surface area contributed by atoms with Crippen molar-refractivity contribution in [1.82, 2.24) is 4.57 Å². The Balaban J connectivity index is 0.00000300. The molecule has 0 unspecified atom stereocenters. The van der Waals surface area contributed by atoms with Crippen LogP contribution >= 0.6 is 28.3 Å². The third-order valence-corrected chi connectivity index (χ3v) is 5.18. The topological polar surface area (TPSA) is 57.2 Å². The fourth-order valence-electron chi connectivity index (χ4n) is 2.90. The monoisotopic (exact) mass is 484 g/mol. The first-order chi connectivity index (χ1) is 13.3. The van der Waals surface area contributed by atoms with E-state index >= 15 is 0 Å². The number of rotatable bonds is 5. The summed E-state index contributed by atoms with van der Waals surface area (Å²) in [5.74, 6) is -1.07. The van der Waals surface area contributed by atoms with E-state index < -0.39 is 11.6 Å². The van der Waals surface area contributed by atoms with Gasteiger partial charge in [0.1, 0.15) is 28.5 Å². The third-order valence-electron chi connectivity index (χ3n) is 4.45. The largest absolute Gasteiger partial charge is 0.487 e. The number of halogens is 4. The molecule has 1 heterocycles. The summed E-state index contributed by atoms with van der Waals surface area (Å²) in [5, 5.41) is 0. The molecule has 0 aliphatic carbocycles. The molecule has 3 aromatic rings. The molecule has 0 atom stereocenters. The summed E-state index contributed by atoms with van der Waals surface area (Å²) in [6, 6.07) is 10.7. The summed E-state index contributed by atoms with van der Waals surface area (Å²) in [4.78, 5) is 13.0. The SMILES string of the molecule is Cc1ccc(CN)cc1-n1c(C)cc(OCc2ccc(F)cc2F)c(Br)c1=O.Cl. The summed E-state index contributed by atoms with van der Waals surface area (Å²) >= 11 is 3.29. The second-order valence-corrected chi connectivity index (χ2v) is 7.25. The molecular weight excluding hydrogens is 466 g/mol. The Hall–Kier alpha value is -2.22. The van der Waals surface area contributed by atoms with E-state index in [4.69, 9.17) is 10.5 Å². The van der Waals surface area contributed by atoms with E-state index in [9.17, 15) is 13.6 Å². The maximum atomic E-state index is 13.8. The zero-order valence-electron chi connectivity index (χ0n) is 15.8. The number of nitrogens with two attached hydrogens (primary N) is 1. The molecule has 0 aliphatic rings. The van der Waals surface area contributed by atoms with Crippen LogP contribution in [0.15, 0.2) is 51.7 Å². The zero-order valence-corrected chi connectivity index (χ0v) is 18.2. The van der Waals surface area contributed by atoms with Gasteiger partial charge in [0.15, 0.2) is 0 Å². The van der Waals surface area contributed by atoms with Crippen molar-refractivity contribution in [2.75, 3.05) is 0 Å². The van der Waals surface area contributed by atoms with Gasteiger partial charge in [-0.15, -0.1) is 12.4 Å². The van der Waals surface area contributed by atoms with Gasteiger partial charge in [-0.05, 0) is 59.1 Å². The van der Waals surface area contributed by atoms with Gasteiger partial charge in [0.05, 0.1) is 5.69 Å². The summed E-state index contributed by atoms with van der Waals surface area (Å²) in [5.41, 5.74) is 8.85. The number of hydrogen-bond acceptors (Lipinski definition) is 3. The molecular formula is C21H20BrClF2N2O2. The molecule has 0 aliphatic heterocycles. The van der Waals surface area contributed by atoms with Gasteiger partial charge in [-0.2, -0.15) is 0 Å². The third kappa shape index (κ3) is 4.86. The predicted molar refractivity (Wildman–Crippen MR) is 115 cm³/mol. The van der Waals surface area contributed by atoms with E-state index in [1.807, 2.05) is 25.1 Å². The number of aromatic nitrogens is 1. The second kappa shape index (κ2) is 9.52. The van der Waals surface area contributed by atoms with E-state index in [-0.39, 0.29) is 40.4 Å². The molecule has 0 saturated heterocycles. The minimum absolute atomic E-state index is 0. The Bertz CT molecular complexity index is 1100. The molecule has 1 aromatic heterocycles. The summed E-state index contributed by atoms with van der Waals surface area (Å²) in [7, 11) is 0. The first-order valence-corrected chi connectivity index (χ1v) is 9.40. The van der Waals surface area contributed by atoms with E-state index in [0.29, 0.717) is 12.2 Å². The first kappa shape index (κ1) is 23.1. The summed E-state index contributed by atoms with van der Waals surface area (Å²) in [6.07, 6.45) is 0. The van der Waals surface area contributed by atoms with Crippen LogP contribution in [0.2, 0.25) is 0 Å². The predicted octanol–water partition coefficient (Wildman–Crippen LogP) is 4.95. The molecule has 2 aromatic carbocycles. The van der Waals surface area contributed by atoms with E-state index in [1.165, 1.54) is 6.07 Å². The van der Waals surface area contributed by atoms with Crippen molar-refractivity contribution < 1.29 is 13.5 Å². The van der Waals surface area contributed by atoms with Crippen molar-refractivity contribution in [3.63, 3.8) is 0 Å². The van der Waals surface area contributed by atoms with Crippen LogP contribution in [0, 0.1) is 25.5 Å².